The van der Waals surface area contributed by atoms with Gasteiger partial charge in [0.2, 0.25) is 0 Å². The molecule has 0 bridgehead atoms. The predicted molar refractivity (Wildman–Crippen MR) is 42.3 cm³/mol. The molecule has 0 amide bonds. The first-order valence-corrected chi connectivity index (χ1v) is 3.08. The van der Waals surface area contributed by atoms with Crippen LogP contribution in [0.3, 0.4) is 0 Å². The number of aliphatic hydroxyl groups excluding tert-OH is 1. The van der Waals surface area contributed by atoms with Gasteiger partial charge in [-0.3, -0.25) is 0 Å². The first kappa shape index (κ1) is 9.14. The Morgan fingerprint density at radius 1 is 1.10 bits per heavy atom. The highest BCUT2D eigenvalue weighted by Crippen LogP contribution is 1.97. The van der Waals surface area contributed by atoms with Crippen LogP contribution in [0.2, 0.25) is 0 Å². The van der Waals surface area contributed by atoms with Gasteiger partial charge in [0.1, 0.15) is 0 Å². The number of aliphatic hydroxyl groups is 1. The fourth-order valence-electron chi connectivity index (χ4n) is 0.774. The third-order valence-corrected chi connectivity index (χ3v) is 1.24. The molecule has 2 heteroatoms. The minimum atomic E-state index is 0. The van der Waals surface area contributed by atoms with Gasteiger partial charge in [-0.2, -0.15) is 0 Å². The van der Waals surface area contributed by atoms with Crippen molar-refractivity contribution in [3.05, 3.63) is 35.9 Å². The summed E-state index contributed by atoms with van der Waals surface area (Å²) in [4.78, 5) is 0. The van der Waals surface area contributed by atoms with Crippen molar-refractivity contribution in [2.45, 2.75) is 6.42 Å². The molecule has 0 aliphatic carbocycles. The van der Waals surface area contributed by atoms with Crippen molar-refractivity contribution < 1.29 is 5.11 Å². The van der Waals surface area contributed by atoms with Crippen molar-refractivity contribution >= 4 is 0 Å². The second-order valence-electron chi connectivity index (χ2n) is 1.96. The van der Waals surface area contributed by atoms with Gasteiger partial charge in [-0.05, 0) is 12.0 Å². The summed E-state index contributed by atoms with van der Waals surface area (Å²) in [7, 11) is 0. The maximum Gasteiger partial charge on any atom is 0.0471 e. The van der Waals surface area contributed by atoms with Gasteiger partial charge in [-0.25, -0.2) is 0 Å². The van der Waals surface area contributed by atoms with Gasteiger partial charge < -0.3 is 11.3 Å². The summed E-state index contributed by atoms with van der Waals surface area (Å²) in [5.41, 5.74) is 1.19. The molecule has 2 nitrogen and oxygen atoms in total. The molecule has 4 N–H and O–H groups in total. The molecule has 1 rings (SSSR count). The minimum absolute atomic E-state index is 0. The van der Waals surface area contributed by atoms with Crippen molar-refractivity contribution in [2.75, 3.05) is 6.61 Å². The monoisotopic (exact) mass is 139 g/mol. The van der Waals surface area contributed by atoms with Crippen molar-refractivity contribution in [2.24, 2.45) is 0 Å². The van der Waals surface area contributed by atoms with Crippen LogP contribution in [0.1, 0.15) is 5.56 Å². The summed E-state index contributed by atoms with van der Waals surface area (Å²) < 4.78 is 0. The molecule has 0 unspecified atom stereocenters. The summed E-state index contributed by atoms with van der Waals surface area (Å²) in [6.07, 6.45) is 0.765. The molecule has 0 aliphatic heterocycles. The Morgan fingerprint density at radius 3 is 2.20 bits per heavy atom. The normalized spacial score (nSPS) is 8.50. The Morgan fingerprint density at radius 2 is 1.70 bits per heavy atom. The molecule has 10 heavy (non-hydrogen) atoms. The lowest BCUT2D eigenvalue weighted by atomic mass is 10.2. The molecule has 56 valence electrons. The van der Waals surface area contributed by atoms with Gasteiger partial charge in [-0.1, -0.05) is 30.3 Å². The molecule has 0 saturated heterocycles. The Hall–Kier alpha value is -0.860. The zero-order chi connectivity index (χ0) is 6.53. The molecule has 0 heterocycles. The van der Waals surface area contributed by atoms with E-state index in [-0.39, 0.29) is 12.8 Å². The largest absolute Gasteiger partial charge is 0.396 e. The maximum absolute atomic E-state index is 8.52. The van der Waals surface area contributed by atoms with E-state index in [0.29, 0.717) is 0 Å². The Labute approximate surface area is 61.1 Å². The summed E-state index contributed by atoms with van der Waals surface area (Å²) in [6, 6.07) is 9.95. The fourth-order valence-corrected chi connectivity index (χ4v) is 0.774. The van der Waals surface area contributed by atoms with E-state index in [1.54, 1.807) is 0 Å². The molecular formula is C8H13NO. The molecule has 0 spiro atoms. The van der Waals surface area contributed by atoms with Crippen molar-refractivity contribution in [3.8, 4) is 0 Å². The molecule has 0 fully saturated rings. The molecule has 0 saturated carbocycles. The highest BCUT2D eigenvalue weighted by molar-refractivity contribution is 5.14. The SMILES string of the molecule is N.OCCc1ccccc1. The van der Waals surface area contributed by atoms with E-state index >= 15 is 0 Å². The molecule has 0 aromatic heterocycles. The van der Waals surface area contributed by atoms with Crippen LogP contribution in [0.15, 0.2) is 30.3 Å². The summed E-state index contributed by atoms with van der Waals surface area (Å²) in [5, 5.41) is 8.52. The summed E-state index contributed by atoms with van der Waals surface area (Å²) >= 11 is 0. The lowest BCUT2D eigenvalue weighted by molar-refractivity contribution is 0.299. The second-order valence-corrected chi connectivity index (χ2v) is 1.96. The minimum Gasteiger partial charge on any atom is -0.396 e. The molecule has 0 radical (unpaired) electrons. The fraction of sp³-hybridized carbons (Fsp3) is 0.250. The van der Waals surface area contributed by atoms with Crippen LogP contribution in [0.4, 0.5) is 0 Å². The highest BCUT2D eigenvalue weighted by Gasteiger charge is 1.85. The molecule has 0 aliphatic rings. The molecule has 1 aromatic rings. The number of hydrogen-bond donors (Lipinski definition) is 2. The lowest BCUT2D eigenvalue weighted by Gasteiger charge is -1.93. The maximum atomic E-state index is 8.52. The summed E-state index contributed by atoms with van der Waals surface area (Å²) in [5.74, 6) is 0. The predicted octanol–water partition coefficient (Wildman–Crippen LogP) is 1.38. The van der Waals surface area contributed by atoms with Crippen LogP contribution >= 0.6 is 0 Å². The second kappa shape index (κ2) is 4.97. The smallest absolute Gasteiger partial charge is 0.0471 e. The van der Waals surface area contributed by atoms with Crippen molar-refractivity contribution in [1.29, 1.82) is 0 Å². The van der Waals surface area contributed by atoms with Gasteiger partial charge in [0.05, 0.1) is 0 Å². The third kappa shape index (κ3) is 2.62. The van der Waals surface area contributed by atoms with Gasteiger partial charge in [0, 0.05) is 6.61 Å². The van der Waals surface area contributed by atoms with Crippen LogP contribution in [-0.2, 0) is 6.42 Å². The average molecular weight is 139 g/mol. The topological polar surface area (TPSA) is 55.2 Å². The van der Waals surface area contributed by atoms with Crippen molar-refractivity contribution in [3.63, 3.8) is 0 Å². The van der Waals surface area contributed by atoms with E-state index in [4.69, 9.17) is 5.11 Å². The standard InChI is InChI=1S/C8H10O.H3N/c9-7-6-8-4-2-1-3-5-8;/h1-5,9H,6-7H2;1H3. The van der Waals surface area contributed by atoms with Gasteiger partial charge in [0.15, 0.2) is 0 Å². The first-order valence-electron chi connectivity index (χ1n) is 3.08. The molecular weight excluding hydrogens is 126 g/mol. The quantitative estimate of drug-likeness (QED) is 0.650. The van der Waals surface area contributed by atoms with Crippen LogP contribution < -0.4 is 6.15 Å². The van der Waals surface area contributed by atoms with Crippen molar-refractivity contribution in [1.82, 2.24) is 6.15 Å². The zero-order valence-corrected chi connectivity index (χ0v) is 5.96. The van der Waals surface area contributed by atoms with Gasteiger partial charge in [-0.15, -0.1) is 0 Å². The van der Waals surface area contributed by atoms with E-state index in [1.165, 1.54) is 5.56 Å². The highest BCUT2D eigenvalue weighted by atomic mass is 16.2. The van der Waals surface area contributed by atoms with Gasteiger partial charge >= 0.3 is 0 Å². The van der Waals surface area contributed by atoms with E-state index in [2.05, 4.69) is 0 Å². The number of hydrogen-bond acceptors (Lipinski definition) is 2. The number of benzene rings is 1. The van der Waals surface area contributed by atoms with E-state index in [9.17, 15) is 0 Å². The Bertz CT molecular complexity index is 162. The van der Waals surface area contributed by atoms with Gasteiger partial charge in [0.25, 0.3) is 0 Å². The van der Waals surface area contributed by atoms with Crippen LogP contribution in [0, 0.1) is 0 Å². The van der Waals surface area contributed by atoms with E-state index in [1.807, 2.05) is 30.3 Å². The Balaban J connectivity index is 0.000000810. The Kier molecular flexibility index (Phi) is 4.54. The third-order valence-electron chi connectivity index (χ3n) is 1.24. The molecule has 1 aromatic carbocycles. The summed E-state index contributed by atoms with van der Waals surface area (Å²) in [6.45, 7) is 0.240. The van der Waals surface area contributed by atoms with E-state index in [0.717, 1.165) is 6.42 Å². The van der Waals surface area contributed by atoms with Crippen LogP contribution in [0.25, 0.3) is 0 Å². The first-order chi connectivity index (χ1) is 4.43. The average Bonchev–Trinajstić information content (AvgIpc) is 1.91. The number of rotatable bonds is 2. The zero-order valence-electron chi connectivity index (χ0n) is 5.96. The lowest BCUT2D eigenvalue weighted by Crippen LogP contribution is -1.88. The van der Waals surface area contributed by atoms with Crippen LogP contribution in [-0.4, -0.2) is 11.7 Å². The van der Waals surface area contributed by atoms with E-state index < -0.39 is 0 Å². The molecule has 0 atom stereocenters. The van der Waals surface area contributed by atoms with Crippen LogP contribution in [0.5, 0.6) is 0 Å².